The standard InChI is InChI=1S/C12H16O3/c1-15-12(14)10-7-2-6-3-8(5-7)11(13)9(10)4-6/h6-10H,2-5H2,1H3/t6?,7?,8?,9?,10-/m0/s1. The first-order chi connectivity index (χ1) is 7.20. The van der Waals surface area contributed by atoms with Gasteiger partial charge in [0.1, 0.15) is 5.78 Å². The van der Waals surface area contributed by atoms with Crippen molar-refractivity contribution in [2.75, 3.05) is 7.11 Å². The van der Waals surface area contributed by atoms with E-state index in [4.69, 9.17) is 4.74 Å². The van der Waals surface area contributed by atoms with Crippen molar-refractivity contribution in [2.24, 2.45) is 29.6 Å². The Balaban J connectivity index is 1.92. The van der Waals surface area contributed by atoms with Gasteiger partial charge in [-0.3, -0.25) is 9.59 Å². The van der Waals surface area contributed by atoms with Crippen LogP contribution in [-0.2, 0) is 14.3 Å². The monoisotopic (exact) mass is 208 g/mol. The van der Waals surface area contributed by atoms with Crippen LogP contribution in [0.25, 0.3) is 0 Å². The van der Waals surface area contributed by atoms with Gasteiger partial charge in [0.05, 0.1) is 13.0 Å². The van der Waals surface area contributed by atoms with Gasteiger partial charge in [0.15, 0.2) is 0 Å². The topological polar surface area (TPSA) is 43.4 Å². The highest BCUT2D eigenvalue weighted by atomic mass is 16.5. The number of carbonyl (C=O) groups is 2. The zero-order valence-electron chi connectivity index (χ0n) is 8.94. The Labute approximate surface area is 89.2 Å². The molecule has 0 saturated heterocycles. The fraction of sp³-hybridized carbons (Fsp3) is 0.833. The molecule has 4 saturated carbocycles. The first kappa shape index (κ1) is 9.37. The molecule has 4 rings (SSSR count). The van der Waals surface area contributed by atoms with Gasteiger partial charge in [0, 0.05) is 11.8 Å². The third-order valence-corrected chi connectivity index (χ3v) is 4.61. The van der Waals surface area contributed by atoms with Crippen LogP contribution in [0.5, 0.6) is 0 Å². The summed E-state index contributed by atoms with van der Waals surface area (Å²) in [4.78, 5) is 23.7. The molecule has 3 heteroatoms. The molecule has 82 valence electrons. The van der Waals surface area contributed by atoms with E-state index in [1.165, 1.54) is 7.11 Å². The molecular weight excluding hydrogens is 192 g/mol. The molecule has 5 atom stereocenters. The predicted octanol–water partition coefficient (Wildman–Crippen LogP) is 1.41. The molecule has 0 aromatic rings. The van der Waals surface area contributed by atoms with Crippen LogP contribution in [0.3, 0.4) is 0 Å². The van der Waals surface area contributed by atoms with E-state index in [-0.39, 0.29) is 23.7 Å². The van der Waals surface area contributed by atoms with Gasteiger partial charge in [-0.1, -0.05) is 0 Å². The summed E-state index contributed by atoms with van der Waals surface area (Å²) in [6.07, 6.45) is 4.09. The normalized spacial score (nSPS) is 47.0. The Morgan fingerprint density at radius 3 is 2.80 bits per heavy atom. The number of hydrogen-bond donors (Lipinski definition) is 0. The largest absolute Gasteiger partial charge is 0.469 e. The lowest BCUT2D eigenvalue weighted by Gasteiger charge is -2.51. The van der Waals surface area contributed by atoms with Crippen LogP contribution < -0.4 is 0 Å². The quantitative estimate of drug-likeness (QED) is 0.612. The van der Waals surface area contributed by atoms with Gasteiger partial charge in [-0.25, -0.2) is 0 Å². The van der Waals surface area contributed by atoms with Crippen LogP contribution in [0.4, 0.5) is 0 Å². The van der Waals surface area contributed by atoms with E-state index in [0.29, 0.717) is 17.6 Å². The molecule has 4 fully saturated rings. The lowest BCUT2D eigenvalue weighted by Crippen LogP contribution is -2.53. The molecule has 0 amide bonds. The van der Waals surface area contributed by atoms with Crippen LogP contribution in [0.15, 0.2) is 0 Å². The van der Waals surface area contributed by atoms with Crippen molar-refractivity contribution in [3.05, 3.63) is 0 Å². The van der Waals surface area contributed by atoms with Crippen molar-refractivity contribution in [2.45, 2.75) is 25.7 Å². The molecule has 4 unspecified atom stereocenters. The second-order valence-corrected chi connectivity index (χ2v) is 5.32. The first-order valence-electron chi connectivity index (χ1n) is 5.82. The minimum Gasteiger partial charge on any atom is -0.469 e. The number of rotatable bonds is 1. The van der Waals surface area contributed by atoms with Crippen molar-refractivity contribution < 1.29 is 14.3 Å². The Hall–Kier alpha value is -0.860. The molecule has 15 heavy (non-hydrogen) atoms. The summed E-state index contributed by atoms with van der Waals surface area (Å²) in [5, 5.41) is 0. The molecular formula is C12H16O3. The highest BCUT2D eigenvalue weighted by Gasteiger charge is 2.55. The number of methoxy groups -OCH3 is 1. The molecule has 0 aromatic carbocycles. The van der Waals surface area contributed by atoms with Crippen LogP contribution in [-0.4, -0.2) is 18.9 Å². The molecule has 4 aliphatic rings. The van der Waals surface area contributed by atoms with E-state index in [1.807, 2.05) is 0 Å². The Morgan fingerprint density at radius 1 is 1.27 bits per heavy atom. The highest BCUT2D eigenvalue weighted by molar-refractivity contribution is 5.91. The summed E-state index contributed by atoms with van der Waals surface area (Å²) >= 11 is 0. The smallest absolute Gasteiger partial charge is 0.309 e. The number of Topliss-reactive ketones (excluding diaryl/α,β-unsaturated/α-hetero) is 1. The molecule has 0 radical (unpaired) electrons. The minimum absolute atomic E-state index is 0.00583. The van der Waals surface area contributed by atoms with Gasteiger partial charge in [-0.2, -0.15) is 0 Å². The Kier molecular flexibility index (Phi) is 1.91. The molecule has 0 aromatic heterocycles. The van der Waals surface area contributed by atoms with Crippen LogP contribution in [0.2, 0.25) is 0 Å². The van der Waals surface area contributed by atoms with Gasteiger partial charge < -0.3 is 4.74 Å². The molecule has 0 aliphatic heterocycles. The van der Waals surface area contributed by atoms with Gasteiger partial charge in [0.2, 0.25) is 0 Å². The number of hydrogen-bond acceptors (Lipinski definition) is 3. The molecule has 0 spiro atoms. The third-order valence-electron chi connectivity index (χ3n) is 4.61. The maximum atomic E-state index is 12.0. The summed E-state index contributed by atoms with van der Waals surface area (Å²) in [5.41, 5.74) is 0. The maximum Gasteiger partial charge on any atom is 0.309 e. The lowest BCUT2D eigenvalue weighted by atomic mass is 9.51. The van der Waals surface area contributed by atoms with E-state index in [1.54, 1.807) is 0 Å². The second-order valence-electron chi connectivity index (χ2n) is 5.32. The number of ether oxygens (including phenoxy) is 1. The summed E-state index contributed by atoms with van der Waals surface area (Å²) in [5.74, 6) is 1.47. The van der Waals surface area contributed by atoms with Gasteiger partial charge in [0.25, 0.3) is 0 Å². The van der Waals surface area contributed by atoms with Crippen molar-refractivity contribution in [3.63, 3.8) is 0 Å². The van der Waals surface area contributed by atoms with Crippen molar-refractivity contribution >= 4 is 11.8 Å². The van der Waals surface area contributed by atoms with E-state index < -0.39 is 0 Å². The zero-order chi connectivity index (χ0) is 10.6. The van der Waals surface area contributed by atoms with Crippen LogP contribution in [0, 0.1) is 29.6 Å². The Bertz CT molecular complexity index is 323. The molecule has 4 aliphatic carbocycles. The Morgan fingerprint density at radius 2 is 2.07 bits per heavy atom. The SMILES string of the molecule is COC(=O)[C@H]1C2CC3CC(C2)C(=O)C1C3. The zero-order valence-corrected chi connectivity index (χ0v) is 8.94. The summed E-state index contributed by atoms with van der Waals surface area (Å²) in [7, 11) is 1.43. The lowest BCUT2D eigenvalue weighted by molar-refractivity contribution is -0.166. The highest BCUT2D eigenvalue weighted by Crippen LogP contribution is 2.54. The molecule has 4 bridgehead atoms. The van der Waals surface area contributed by atoms with Crippen molar-refractivity contribution in [3.8, 4) is 0 Å². The van der Waals surface area contributed by atoms with E-state index in [9.17, 15) is 9.59 Å². The molecule has 3 nitrogen and oxygen atoms in total. The van der Waals surface area contributed by atoms with E-state index in [0.717, 1.165) is 25.7 Å². The number of esters is 1. The number of carbonyl (C=O) groups excluding carboxylic acids is 2. The molecule has 0 N–H and O–H groups in total. The summed E-state index contributed by atoms with van der Waals surface area (Å²) in [6, 6.07) is 0. The second kappa shape index (κ2) is 3.06. The summed E-state index contributed by atoms with van der Waals surface area (Å²) in [6.45, 7) is 0. The van der Waals surface area contributed by atoms with Gasteiger partial charge >= 0.3 is 5.97 Å². The van der Waals surface area contributed by atoms with Crippen LogP contribution in [0.1, 0.15) is 25.7 Å². The fourth-order valence-electron chi connectivity index (χ4n) is 4.13. The average molecular weight is 208 g/mol. The van der Waals surface area contributed by atoms with E-state index in [2.05, 4.69) is 0 Å². The van der Waals surface area contributed by atoms with Gasteiger partial charge in [-0.15, -0.1) is 0 Å². The fourth-order valence-corrected chi connectivity index (χ4v) is 4.13. The van der Waals surface area contributed by atoms with Crippen LogP contribution >= 0.6 is 0 Å². The average Bonchev–Trinajstić information content (AvgIpc) is 2.24. The predicted molar refractivity (Wildman–Crippen MR) is 52.9 cm³/mol. The number of ketones is 1. The van der Waals surface area contributed by atoms with E-state index >= 15 is 0 Å². The van der Waals surface area contributed by atoms with Gasteiger partial charge in [-0.05, 0) is 37.5 Å². The van der Waals surface area contributed by atoms with Crippen molar-refractivity contribution in [1.29, 1.82) is 0 Å². The summed E-state index contributed by atoms with van der Waals surface area (Å²) < 4.78 is 4.83. The van der Waals surface area contributed by atoms with Crippen molar-refractivity contribution in [1.82, 2.24) is 0 Å². The maximum absolute atomic E-state index is 12.0. The first-order valence-corrected chi connectivity index (χ1v) is 5.82. The third kappa shape index (κ3) is 1.18. The molecule has 0 heterocycles. The minimum atomic E-state index is -0.155.